The Morgan fingerprint density at radius 3 is 2.76 bits per heavy atom. The molecule has 1 fully saturated rings. The van der Waals surface area contributed by atoms with E-state index in [1.165, 1.54) is 17.5 Å². The van der Waals surface area contributed by atoms with Gasteiger partial charge in [0, 0.05) is 16.5 Å². The quantitative estimate of drug-likeness (QED) is 0.914. The van der Waals surface area contributed by atoms with Crippen molar-refractivity contribution in [3.63, 3.8) is 0 Å². The highest BCUT2D eigenvalue weighted by atomic mass is 79.9. The average Bonchev–Trinajstić information content (AvgIpc) is 3.13. The van der Waals surface area contributed by atoms with Gasteiger partial charge >= 0.3 is 0 Å². The van der Waals surface area contributed by atoms with Gasteiger partial charge in [0.1, 0.15) is 0 Å². The van der Waals surface area contributed by atoms with Crippen LogP contribution in [0.2, 0.25) is 0 Å². The van der Waals surface area contributed by atoms with E-state index in [0.717, 1.165) is 47.8 Å². The molecule has 0 saturated carbocycles. The van der Waals surface area contributed by atoms with Crippen molar-refractivity contribution >= 4 is 15.9 Å². The van der Waals surface area contributed by atoms with Crippen molar-refractivity contribution in [1.82, 2.24) is 15.5 Å². The molecule has 112 valence electrons. The van der Waals surface area contributed by atoms with Crippen molar-refractivity contribution in [2.75, 3.05) is 13.1 Å². The van der Waals surface area contributed by atoms with Gasteiger partial charge in [-0.25, -0.2) is 0 Å². The number of hydrogen-bond donors (Lipinski definition) is 1. The number of aryl methyl sites for hydroxylation is 3. The second-order valence-corrected chi connectivity index (χ2v) is 6.63. The molecule has 1 atom stereocenters. The molecule has 1 aromatic heterocycles. The van der Waals surface area contributed by atoms with Gasteiger partial charge in [-0.05, 0) is 69.0 Å². The van der Waals surface area contributed by atoms with E-state index in [-0.39, 0.29) is 0 Å². The third-order valence-electron chi connectivity index (χ3n) is 4.09. The van der Waals surface area contributed by atoms with E-state index in [4.69, 9.17) is 4.52 Å². The lowest BCUT2D eigenvalue weighted by Gasteiger charge is -2.05. The summed E-state index contributed by atoms with van der Waals surface area (Å²) >= 11 is 3.58. The Morgan fingerprint density at radius 1 is 1.33 bits per heavy atom. The predicted octanol–water partition coefficient (Wildman–Crippen LogP) is 3.66. The van der Waals surface area contributed by atoms with Gasteiger partial charge < -0.3 is 9.84 Å². The van der Waals surface area contributed by atoms with Crippen LogP contribution >= 0.6 is 15.9 Å². The van der Waals surface area contributed by atoms with Gasteiger partial charge in [0.2, 0.25) is 11.7 Å². The molecule has 1 aromatic carbocycles. The molecule has 2 heterocycles. The summed E-state index contributed by atoms with van der Waals surface area (Å²) in [5.74, 6) is 2.18. The molecule has 0 spiro atoms. The van der Waals surface area contributed by atoms with Gasteiger partial charge in [-0.3, -0.25) is 0 Å². The summed E-state index contributed by atoms with van der Waals surface area (Å²) in [5, 5.41) is 7.51. The first-order valence-electron chi connectivity index (χ1n) is 7.44. The van der Waals surface area contributed by atoms with Gasteiger partial charge in [-0.1, -0.05) is 21.1 Å². The Bertz CT molecular complexity index is 609. The van der Waals surface area contributed by atoms with E-state index in [0.29, 0.717) is 5.82 Å². The fraction of sp³-hybridized carbons (Fsp3) is 0.500. The lowest BCUT2D eigenvalue weighted by atomic mass is 10.0. The lowest BCUT2D eigenvalue weighted by Crippen LogP contribution is -2.09. The van der Waals surface area contributed by atoms with E-state index in [1.54, 1.807) is 0 Å². The van der Waals surface area contributed by atoms with Crippen molar-refractivity contribution in [3.05, 3.63) is 33.6 Å². The van der Waals surface area contributed by atoms with Crippen LogP contribution in [-0.4, -0.2) is 23.2 Å². The summed E-state index contributed by atoms with van der Waals surface area (Å²) in [6.45, 7) is 6.41. The molecular formula is C16H20BrN3O. The zero-order chi connectivity index (χ0) is 14.8. The topological polar surface area (TPSA) is 51.0 Å². The van der Waals surface area contributed by atoms with Crippen LogP contribution in [0.15, 0.2) is 21.1 Å². The maximum atomic E-state index is 5.40. The Labute approximate surface area is 133 Å². The largest absolute Gasteiger partial charge is 0.339 e. The number of halogens is 1. The van der Waals surface area contributed by atoms with Gasteiger partial charge in [0.05, 0.1) is 0 Å². The van der Waals surface area contributed by atoms with Crippen molar-refractivity contribution in [2.24, 2.45) is 5.92 Å². The summed E-state index contributed by atoms with van der Waals surface area (Å²) in [5.41, 5.74) is 3.40. The maximum Gasteiger partial charge on any atom is 0.226 e. The van der Waals surface area contributed by atoms with Crippen LogP contribution in [0, 0.1) is 19.8 Å². The second-order valence-electron chi connectivity index (χ2n) is 5.83. The molecule has 4 nitrogen and oxygen atoms in total. The number of nitrogens with zero attached hydrogens (tertiary/aromatic N) is 2. The van der Waals surface area contributed by atoms with Crippen LogP contribution in [0.1, 0.15) is 29.9 Å². The molecule has 2 aromatic rings. The smallest absolute Gasteiger partial charge is 0.226 e. The number of rotatable bonds is 4. The van der Waals surface area contributed by atoms with Gasteiger partial charge in [-0.2, -0.15) is 4.98 Å². The Morgan fingerprint density at radius 2 is 2.10 bits per heavy atom. The van der Waals surface area contributed by atoms with E-state index in [1.807, 2.05) is 0 Å². The number of aromatic nitrogens is 2. The maximum absolute atomic E-state index is 5.40. The molecule has 0 amide bonds. The average molecular weight is 350 g/mol. The number of benzene rings is 1. The Kier molecular flexibility index (Phi) is 4.40. The number of hydrogen-bond acceptors (Lipinski definition) is 4. The first-order valence-corrected chi connectivity index (χ1v) is 8.23. The van der Waals surface area contributed by atoms with Crippen LogP contribution in [0.5, 0.6) is 0 Å². The highest BCUT2D eigenvalue weighted by molar-refractivity contribution is 9.10. The van der Waals surface area contributed by atoms with E-state index in [9.17, 15) is 0 Å². The van der Waals surface area contributed by atoms with Crippen molar-refractivity contribution in [1.29, 1.82) is 0 Å². The minimum absolute atomic E-state index is 0.688. The monoisotopic (exact) mass is 349 g/mol. The SMILES string of the molecule is Cc1cc(-c2noc(CCC3CCNC3)n2)cc(C)c1Br. The predicted molar refractivity (Wildman–Crippen MR) is 86.2 cm³/mol. The molecule has 0 aliphatic carbocycles. The molecule has 1 unspecified atom stereocenters. The zero-order valence-corrected chi connectivity index (χ0v) is 14.0. The summed E-state index contributed by atoms with van der Waals surface area (Å²) in [6, 6.07) is 4.18. The molecular weight excluding hydrogens is 330 g/mol. The van der Waals surface area contributed by atoms with Crippen molar-refractivity contribution in [2.45, 2.75) is 33.1 Å². The van der Waals surface area contributed by atoms with Crippen LogP contribution in [0.4, 0.5) is 0 Å². The van der Waals surface area contributed by atoms with E-state index in [2.05, 4.69) is 57.4 Å². The zero-order valence-electron chi connectivity index (χ0n) is 12.4. The fourth-order valence-electron chi connectivity index (χ4n) is 2.84. The van der Waals surface area contributed by atoms with Crippen LogP contribution in [0.3, 0.4) is 0 Å². The summed E-state index contributed by atoms with van der Waals surface area (Å²) in [4.78, 5) is 4.54. The minimum atomic E-state index is 0.688. The van der Waals surface area contributed by atoms with Gasteiger partial charge in [-0.15, -0.1) is 0 Å². The minimum Gasteiger partial charge on any atom is -0.339 e. The molecule has 3 rings (SSSR count). The van der Waals surface area contributed by atoms with Crippen molar-refractivity contribution in [3.8, 4) is 11.4 Å². The Hall–Kier alpha value is -1.20. The summed E-state index contributed by atoms with van der Waals surface area (Å²) < 4.78 is 6.54. The van der Waals surface area contributed by atoms with Crippen LogP contribution < -0.4 is 5.32 Å². The Balaban J connectivity index is 1.72. The molecule has 1 saturated heterocycles. The third kappa shape index (κ3) is 3.35. The first kappa shape index (κ1) is 14.7. The highest BCUT2D eigenvalue weighted by Crippen LogP contribution is 2.27. The molecule has 1 N–H and O–H groups in total. The van der Waals surface area contributed by atoms with Crippen molar-refractivity contribution < 1.29 is 4.52 Å². The number of nitrogens with one attached hydrogen (secondary N) is 1. The second kappa shape index (κ2) is 6.28. The molecule has 0 radical (unpaired) electrons. The standard InChI is InChI=1S/C16H20BrN3O/c1-10-7-13(8-11(2)15(10)17)16-19-14(21-20-16)4-3-12-5-6-18-9-12/h7-8,12,18H,3-6,9H2,1-2H3. The molecule has 1 aliphatic heterocycles. The van der Waals surface area contributed by atoms with Gasteiger partial charge in [0.15, 0.2) is 0 Å². The van der Waals surface area contributed by atoms with Gasteiger partial charge in [0.25, 0.3) is 0 Å². The van der Waals surface area contributed by atoms with Crippen LogP contribution in [0.25, 0.3) is 11.4 Å². The van der Waals surface area contributed by atoms with Crippen LogP contribution in [-0.2, 0) is 6.42 Å². The normalized spacial score (nSPS) is 18.3. The summed E-state index contributed by atoms with van der Waals surface area (Å²) in [7, 11) is 0. The highest BCUT2D eigenvalue weighted by Gasteiger charge is 2.16. The molecule has 1 aliphatic rings. The fourth-order valence-corrected chi connectivity index (χ4v) is 3.07. The molecule has 21 heavy (non-hydrogen) atoms. The molecule has 0 bridgehead atoms. The lowest BCUT2D eigenvalue weighted by molar-refractivity contribution is 0.365. The summed E-state index contributed by atoms with van der Waals surface area (Å²) in [6.07, 6.45) is 3.24. The first-order chi connectivity index (χ1) is 10.1. The third-order valence-corrected chi connectivity index (χ3v) is 5.34. The van der Waals surface area contributed by atoms with E-state index >= 15 is 0 Å². The van der Waals surface area contributed by atoms with E-state index < -0.39 is 0 Å². The molecule has 5 heteroatoms.